The van der Waals surface area contributed by atoms with Crippen LogP contribution in [0.5, 0.6) is 0 Å². The molecule has 1 atom stereocenters. The van der Waals surface area contributed by atoms with Crippen LogP contribution in [0.3, 0.4) is 0 Å². The topological polar surface area (TPSA) is 39.9 Å². The number of amides is 1. The second-order valence-electron chi connectivity index (χ2n) is 8.55. The number of likely N-dealkylation sites (tertiary alicyclic amines) is 2. The van der Waals surface area contributed by atoms with Gasteiger partial charge in [-0.2, -0.15) is 0 Å². The van der Waals surface area contributed by atoms with E-state index in [1.807, 2.05) is 0 Å². The van der Waals surface area contributed by atoms with Gasteiger partial charge in [0.05, 0.1) is 6.54 Å². The van der Waals surface area contributed by atoms with E-state index in [4.69, 9.17) is 4.42 Å². The van der Waals surface area contributed by atoms with Gasteiger partial charge in [-0.15, -0.1) is 0 Å². The predicted octanol–water partition coefficient (Wildman–Crippen LogP) is 3.00. The molecule has 2 fully saturated rings. The van der Waals surface area contributed by atoms with Gasteiger partial charge in [0, 0.05) is 44.4 Å². The highest BCUT2D eigenvalue weighted by Gasteiger charge is 2.41. The molecule has 0 radical (unpaired) electrons. The van der Waals surface area contributed by atoms with Gasteiger partial charge in [0.15, 0.2) is 0 Å². The minimum atomic E-state index is 0.275. The van der Waals surface area contributed by atoms with Gasteiger partial charge in [0.2, 0.25) is 5.91 Å². The lowest BCUT2D eigenvalue weighted by Gasteiger charge is -2.48. The largest absolute Gasteiger partial charge is 0.465 e. The van der Waals surface area contributed by atoms with E-state index in [1.165, 1.54) is 12.8 Å². The number of nitrogens with zero attached hydrogens (tertiary/aromatic N) is 3. The first-order valence-corrected chi connectivity index (χ1v) is 10.2. The Hall–Kier alpha value is -1.33. The Morgan fingerprint density at radius 3 is 2.77 bits per heavy atom. The van der Waals surface area contributed by atoms with Crippen LogP contribution in [0.15, 0.2) is 16.5 Å². The first-order chi connectivity index (χ1) is 12.5. The van der Waals surface area contributed by atoms with Gasteiger partial charge in [-0.05, 0) is 58.5 Å². The summed E-state index contributed by atoms with van der Waals surface area (Å²) >= 11 is 0. The van der Waals surface area contributed by atoms with Crippen molar-refractivity contribution in [3.05, 3.63) is 23.7 Å². The van der Waals surface area contributed by atoms with Gasteiger partial charge >= 0.3 is 0 Å². The maximum Gasteiger partial charge on any atom is 0.222 e. The van der Waals surface area contributed by atoms with Gasteiger partial charge in [-0.3, -0.25) is 9.69 Å². The summed E-state index contributed by atoms with van der Waals surface area (Å²) in [5.41, 5.74) is 0.275. The van der Waals surface area contributed by atoms with Crippen molar-refractivity contribution in [2.45, 2.75) is 52.0 Å². The molecule has 0 N–H and O–H groups in total. The summed E-state index contributed by atoms with van der Waals surface area (Å²) in [4.78, 5) is 19.2. The maximum atomic E-state index is 12.3. The quantitative estimate of drug-likeness (QED) is 0.748. The van der Waals surface area contributed by atoms with Crippen molar-refractivity contribution in [3.8, 4) is 0 Å². The molecule has 1 unspecified atom stereocenters. The van der Waals surface area contributed by atoms with Gasteiger partial charge in [0.25, 0.3) is 0 Å². The predicted molar refractivity (Wildman–Crippen MR) is 104 cm³/mol. The van der Waals surface area contributed by atoms with E-state index >= 15 is 0 Å². The lowest BCUT2D eigenvalue weighted by molar-refractivity contribution is -0.139. The average Bonchev–Trinajstić information content (AvgIpc) is 3.03. The third-order valence-corrected chi connectivity index (χ3v) is 5.90. The lowest BCUT2D eigenvalue weighted by atomic mass is 9.73. The van der Waals surface area contributed by atoms with Crippen molar-refractivity contribution in [2.75, 3.05) is 46.8 Å². The molecular weight excluding hydrogens is 326 g/mol. The zero-order valence-corrected chi connectivity index (χ0v) is 16.8. The van der Waals surface area contributed by atoms with Gasteiger partial charge in [-0.1, -0.05) is 6.92 Å². The zero-order valence-electron chi connectivity index (χ0n) is 16.8. The Morgan fingerprint density at radius 2 is 2.00 bits per heavy atom. The molecule has 146 valence electrons. The molecule has 5 nitrogen and oxygen atoms in total. The Labute approximate surface area is 158 Å². The summed E-state index contributed by atoms with van der Waals surface area (Å²) in [5, 5.41) is 0. The molecule has 2 aliphatic heterocycles. The molecule has 3 heterocycles. The number of likely N-dealkylation sites (N-methyl/N-ethyl adjacent to an activating group) is 1. The number of hydrogen-bond donors (Lipinski definition) is 0. The van der Waals surface area contributed by atoms with Crippen molar-refractivity contribution in [2.24, 2.45) is 5.41 Å². The maximum absolute atomic E-state index is 12.3. The van der Waals surface area contributed by atoms with E-state index in [1.54, 1.807) is 0 Å². The van der Waals surface area contributed by atoms with Crippen molar-refractivity contribution in [3.63, 3.8) is 0 Å². The Balaban J connectivity index is 1.59. The molecule has 0 saturated carbocycles. The van der Waals surface area contributed by atoms with E-state index in [0.717, 1.165) is 70.1 Å². The number of carbonyl (C=O) groups is 1. The van der Waals surface area contributed by atoms with E-state index in [2.05, 4.69) is 47.9 Å². The first-order valence-electron chi connectivity index (χ1n) is 10.2. The second kappa shape index (κ2) is 8.57. The molecule has 2 aliphatic rings. The molecular formula is C21H35N3O2. The lowest BCUT2D eigenvalue weighted by Crippen LogP contribution is -2.54. The van der Waals surface area contributed by atoms with E-state index in [0.29, 0.717) is 12.3 Å². The minimum absolute atomic E-state index is 0.275. The standard InChI is InChI=1S/C21H35N3O2/c1-4-6-18-7-8-19(26-18)15-23-12-5-10-21(16-23)11-9-20(25)24(17-21)14-13-22(2)3/h7-8H,4-6,9-17H2,1-3H3. The zero-order chi connectivity index (χ0) is 18.6. The van der Waals surface area contributed by atoms with Crippen LogP contribution in [0, 0.1) is 5.41 Å². The van der Waals surface area contributed by atoms with Crippen LogP contribution in [0.2, 0.25) is 0 Å². The minimum Gasteiger partial charge on any atom is -0.465 e. The van der Waals surface area contributed by atoms with Crippen LogP contribution in [0.1, 0.15) is 50.5 Å². The average molecular weight is 362 g/mol. The van der Waals surface area contributed by atoms with Crippen LogP contribution < -0.4 is 0 Å². The van der Waals surface area contributed by atoms with Gasteiger partial charge < -0.3 is 14.2 Å². The summed E-state index contributed by atoms with van der Waals surface area (Å²) in [6.45, 7) is 8.03. The number of piperidine rings is 2. The molecule has 26 heavy (non-hydrogen) atoms. The number of carbonyl (C=O) groups excluding carboxylic acids is 1. The van der Waals surface area contributed by atoms with Gasteiger partial charge in [0.1, 0.15) is 11.5 Å². The van der Waals surface area contributed by atoms with Crippen LogP contribution >= 0.6 is 0 Å². The number of furan rings is 1. The fourth-order valence-electron chi connectivity index (χ4n) is 4.51. The monoisotopic (exact) mass is 361 g/mol. The number of hydrogen-bond acceptors (Lipinski definition) is 4. The molecule has 3 rings (SSSR count). The van der Waals surface area contributed by atoms with Crippen molar-refractivity contribution >= 4 is 5.91 Å². The molecule has 5 heteroatoms. The summed E-state index contributed by atoms with van der Waals surface area (Å²) in [6, 6.07) is 4.26. The molecule has 1 amide bonds. The molecule has 0 aromatic carbocycles. The number of aryl methyl sites for hydroxylation is 1. The summed E-state index contributed by atoms with van der Waals surface area (Å²) in [6.07, 6.45) is 6.36. The van der Waals surface area contributed by atoms with Crippen LogP contribution in [-0.4, -0.2) is 67.4 Å². The van der Waals surface area contributed by atoms with E-state index in [-0.39, 0.29) is 5.41 Å². The Kier molecular flexibility index (Phi) is 6.41. The summed E-state index contributed by atoms with van der Waals surface area (Å²) < 4.78 is 5.99. The van der Waals surface area contributed by atoms with Crippen LogP contribution in [0.4, 0.5) is 0 Å². The molecule has 1 spiro atoms. The normalized spacial score (nSPS) is 24.8. The van der Waals surface area contributed by atoms with Crippen LogP contribution in [-0.2, 0) is 17.8 Å². The smallest absolute Gasteiger partial charge is 0.222 e. The van der Waals surface area contributed by atoms with E-state index in [9.17, 15) is 4.79 Å². The van der Waals surface area contributed by atoms with Crippen molar-refractivity contribution < 1.29 is 9.21 Å². The molecule has 2 saturated heterocycles. The SMILES string of the molecule is CCCc1ccc(CN2CCCC3(CCC(=O)N(CCN(C)C)C3)C2)o1. The summed E-state index contributed by atoms with van der Waals surface area (Å²) in [5.74, 6) is 2.53. The molecule has 0 aliphatic carbocycles. The summed E-state index contributed by atoms with van der Waals surface area (Å²) in [7, 11) is 4.14. The third kappa shape index (κ3) is 4.89. The molecule has 1 aromatic rings. The Bertz CT molecular complexity index is 598. The fraction of sp³-hybridized carbons (Fsp3) is 0.762. The van der Waals surface area contributed by atoms with Crippen molar-refractivity contribution in [1.82, 2.24) is 14.7 Å². The highest BCUT2D eigenvalue weighted by molar-refractivity contribution is 5.77. The number of rotatable bonds is 7. The van der Waals surface area contributed by atoms with Gasteiger partial charge in [-0.25, -0.2) is 0 Å². The second-order valence-corrected chi connectivity index (χ2v) is 8.55. The molecule has 0 bridgehead atoms. The highest BCUT2D eigenvalue weighted by atomic mass is 16.3. The van der Waals surface area contributed by atoms with Crippen LogP contribution in [0.25, 0.3) is 0 Å². The third-order valence-electron chi connectivity index (χ3n) is 5.90. The molecule has 1 aromatic heterocycles. The highest BCUT2D eigenvalue weighted by Crippen LogP contribution is 2.39. The van der Waals surface area contributed by atoms with E-state index < -0.39 is 0 Å². The van der Waals surface area contributed by atoms with Crippen molar-refractivity contribution in [1.29, 1.82) is 0 Å². The fourth-order valence-corrected chi connectivity index (χ4v) is 4.51. The first kappa shape index (κ1) is 19.4. The Morgan fingerprint density at radius 1 is 1.19 bits per heavy atom.